The lowest BCUT2D eigenvalue weighted by molar-refractivity contribution is -0.914. The van der Waals surface area contributed by atoms with E-state index in [2.05, 4.69) is 14.1 Å². The van der Waals surface area contributed by atoms with E-state index in [1.54, 1.807) is 0 Å². The van der Waals surface area contributed by atoms with Crippen molar-refractivity contribution in [3.05, 3.63) is 0 Å². The third kappa shape index (κ3) is 7.40. The largest absolute Gasteiger partial charge is 0.870 e. The van der Waals surface area contributed by atoms with Crippen molar-refractivity contribution in [2.45, 2.75) is 64.2 Å². The zero-order valence-corrected chi connectivity index (χ0v) is 15.1. The molecule has 0 aromatic rings. The number of hydrogen-bond donors (Lipinski definition) is 0. The zero-order valence-electron chi connectivity index (χ0n) is 15.1. The SMILES string of the molecule is C[N+]1(CCCCCC[N+]2(C)CCCCC2)CCCCC1.[OH-].[OH-]. The van der Waals surface area contributed by atoms with Crippen LogP contribution >= 0.6 is 0 Å². The molecule has 2 fully saturated rings. The Hall–Kier alpha value is -0.160. The molecule has 0 bridgehead atoms. The molecule has 2 aliphatic heterocycles. The van der Waals surface area contributed by atoms with E-state index < -0.39 is 0 Å². The molecule has 0 aliphatic carbocycles. The minimum absolute atomic E-state index is 0. The maximum absolute atomic E-state index is 2.49. The Bertz CT molecular complexity index is 244. The van der Waals surface area contributed by atoms with Crippen LogP contribution in [0.25, 0.3) is 0 Å². The van der Waals surface area contributed by atoms with E-state index in [9.17, 15) is 0 Å². The van der Waals surface area contributed by atoms with Gasteiger partial charge in [0.1, 0.15) is 0 Å². The van der Waals surface area contributed by atoms with Gasteiger partial charge in [0.05, 0.1) is 53.4 Å². The number of nitrogens with zero attached hydrogens (tertiary/aromatic N) is 2. The fourth-order valence-electron chi connectivity index (χ4n) is 4.34. The lowest BCUT2D eigenvalue weighted by Crippen LogP contribution is -2.48. The molecule has 0 unspecified atom stereocenters. The summed E-state index contributed by atoms with van der Waals surface area (Å²) in [5.41, 5.74) is 0. The molecule has 2 saturated heterocycles. The first-order valence-electron chi connectivity index (χ1n) is 9.29. The van der Waals surface area contributed by atoms with Crippen LogP contribution in [0.4, 0.5) is 0 Å². The van der Waals surface area contributed by atoms with E-state index in [-0.39, 0.29) is 11.0 Å². The molecule has 0 saturated carbocycles. The number of unbranched alkanes of at least 4 members (excludes halogenated alkanes) is 3. The highest BCUT2D eigenvalue weighted by Gasteiger charge is 2.25. The van der Waals surface area contributed by atoms with E-state index >= 15 is 0 Å². The van der Waals surface area contributed by atoms with Gasteiger partial charge in [-0.25, -0.2) is 0 Å². The molecule has 2 N–H and O–H groups in total. The van der Waals surface area contributed by atoms with E-state index in [0.29, 0.717) is 0 Å². The first-order chi connectivity index (χ1) is 9.62. The molecule has 0 amide bonds. The standard InChI is InChI=1S/C18H38N2.2H2O/c1-19(15-9-5-10-16-19)13-7-3-4-8-14-20(2)17-11-6-12-18-20;;/h3-18H2,1-2H3;2*1H2/q+2;;/p-2. The molecule has 0 spiro atoms. The minimum atomic E-state index is 0. The molecule has 0 aromatic heterocycles. The van der Waals surface area contributed by atoms with Crippen LogP contribution in [0.15, 0.2) is 0 Å². The van der Waals surface area contributed by atoms with Crippen LogP contribution in [0, 0.1) is 0 Å². The van der Waals surface area contributed by atoms with Crippen molar-refractivity contribution in [3.63, 3.8) is 0 Å². The Morgan fingerprint density at radius 2 is 0.818 bits per heavy atom. The summed E-state index contributed by atoms with van der Waals surface area (Å²) in [5.74, 6) is 0. The van der Waals surface area contributed by atoms with Crippen LogP contribution in [-0.4, -0.2) is 73.3 Å². The van der Waals surface area contributed by atoms with Crippen molar-refractivity contribution in [2.24, 2.45) is 0 Å². The van der Waals surface area contributed by atoms with Crippen molar-refractivity contribution in [1.82, 2.24) is 0 Å². The van der Waals surface area contributed by atoms with Crippen molar-refractivity contribution >= 4 is 0 Å². The lowest BCUT2D eigenvalue weighted by Gasteiger charge is -2.38. The fraction of sp³-hybridized carbons (Fsp3) is 1.00. The molecule has 0 radical (unpaired) electrons. The van der Waals surface area contributed by atoms with Crippen LogP contribution in [0.3, 0.4) is 0 Å². The highest BCUT2D eigenvalue weighted by molar-refractivity contribution is 4.54. The summed E-state index contributed by atoms with van der Waals surface area (Å²) in [6, 6.07) is 0. The summed E-state index contributed by atoms with van der Waals surface area (Å²) < 4.78 is 2.74. The molecule has 0 atom stereocenters. The average molecular weight is 317 g/mol. The normalized spacial score (nSPS) is 23.2. The van der Waals surface area contributed by atoms with E-state index in [1.165, 1.54) is 112 Å². The summed E-state index contributed by atoms with van der Waals surface area (Å²) in [6.45, 7) is 8.63. The quantitative estimate of drug-likeness (QED) is 0.533. The highest BCUT2D eigenvalue weighted by atomic mass is 16.0. The van der Waals surface area contributed by atoms with Gasteiger partial charge in [-0.05, 0) is 64.2 Å². The van der Waals surface area contributed by atoms with Gasteiger partial charge in [0.25, 0.3) is 0 Å². The number of quaternary nitrogens is 2. The van der Waals surface area contributed by atoms with Crippen LogP contribution in [0.1, 0.15) is 64.2 Å². The Balaban J connectivity index is 0.00000220. The summed E-state index contributed by atoms with van der Waals surface area (Å²) in [6.07, 6.45) is 14.7. The third-order valence-corrected chi connectivity index (χ3v) is 5.94. The summed E-state index contributed by atoms with van der Waals surface area (Å²) in [4.78, 5) is 0. The van der Waals surface area contributed by atoms with E-state index in [0.717, 1.165) is 0 Å². The molecular formula is C18H40N2O2. The summed E-state index contributed by atoms with van der Waals surface area (Å²) in [7, 11) is 4.97. The first kappa shape index (κ1) is 21.8. The van der Waals surface area contributed by atoms with Gasteiger partial charge in [-0.3, -0.25) is 0 Å². The molecule has 22 heavy (non-hydrogen) atoms. The number of hydrogen-bond acceptors (Lipinski definition) is 2. The van der Waals surface area contributed by atoms with Crippen molar-refractivity contribution in [3.8, 4) is 0 Å². The van der Waals surface area contributed by atoms with Crippen LogP contribution in [-0.2, 0) is 0 Å². The van der Waals surface area contributed by atoms with Crippen molar-refractivity contribution in [1.29, 1.82) is 0 Å². The van der Waals surface area contributed by atoms with Crippen molar-refractivity contribution in [2.75, 3.05) is 53.4 Å². The molecule has 4 nitrogen and oxygen atoms in total. The molecule has 4 heteroatoms. The summed E-state index contributed by atoms with van der Waals surface area (Å²) >= 11 is 0. The Morgan fingerprint density at radius 3 is 1.14 bits per heavy atom. The summed E-state index contributed by atoms with van der Waals surface area (Å²) in [5, 5.41) is 0. The van der Waals surface area contributed by atoms with E-state index in [4.69, 9.17) is 0 Å². The molecule has 0 aromatic carbocycles. The van der Waals surface area contributed by atoms with E-state index in [1.807, 2.05) is 0 Å². The van der Waals surface area contributed by atoms with Gasteiger partial charge in [0.15, 0.2) is 0 Å². The number of rotatable bonds is 7. The van der Waals surface area contributed by atoms with Crippen molar-refractivity contribution < 1.29 is 19.9 Å². The Morgan fingerprint density at radius 1 is 0.500 bits per heavy atom. The van der Waals surface area contributed by atoms with Gasteiger partial charge in [-0.15, -0.1) is 0 Å². The van der Waals surface area contributed by atoms with Gasteiger partial charge in [0, 0.05) is 0 Å². The maximum atomic E-state index is 2.49. The minimum Gasteiger partial charge on any atom is -0.870 e. The van der Waals surface area contributed by atoms with Gasteiger partial charge >= 0.3 is 0 Å². The second-order valence-electron chi connectivity index (χ2n) is 8.12. The zero-order chi connectivity index (χ0) is 14.3. The molecule has 2 aliphatic rings. The van der Waals surface area contributed by atoms with Crippen LogP contribution in [0.5, 0.6) is 0 Å². The lowest BCUT2D eigenvalue weighted by atomic mass is 10.1. The van der Waals surface area contributed by atoms with Crippen LogP contribution in [0.2, 0.25) is 0 Å². The fourth-order valence-corrected chi connectivity index (χ4v) is 4.34. The monoisotopic (exact) mass is 316 g/mol. The topological polar surface area (TPSA) is 60.0 Å². The predicted molar refractivity (Wildman–Crippen MR) is 91.6 cm³/mol. The Kier molecular flexibility index (Phi) is 10.5. The molecule has 134 valence electrons. The van der Waals surface area contributed by atoms with Crippen LogP contribution < -0.4 is 0 Å². The smallest absolute Gasteiger partial charge is 0.0784 e. The second kappa shape index (κ2) is 10.6. The Labute approximate surface area is 138 Å². The second-order valence-corrected chi connectivity index (χ2v) is 8.12. The third-order valence-electron chi connectivity index (χ3n) is 5.94. The number of likely N-dealkylation sites (tertiary alicyclic amines) is 2. The van der Waals surface area contributed by atoms with Gasteiger partial charge in [-0.1, -0.05) is 0 Å². The average Bonchev–Trinajstić information content (AvgIpc) is 2.44. The molecular weight excluding hydrogens is 276 g/mol. The molecule has 2 rings (SSSR count). The van der Waals surface area contributed by atoms with Gasteiger partial charge in [0.2, 0.25) is 0 Å². The number of piperidine rings is 2. The maximum Gasteiger partial charge on any atom is 0.0784 e. The highest BCUT2D eigenvalue weighted by Crippen LogP contribution is 2.19. The molecule has 2 heterocycles. The van der Waals surface area contributed by atoms with Gasteiger partial charge < -0.3 is 19.9 Å². The first-order valence-corrected chi connectivity index (χ1v) is 9.29. The predicted octanol–water partition coefficient (Wildman–Crippen LogP) is 3.45. The van der Waals surface area contributed by atoms with Gasteiger partial charge in [-0.2, -0.15) is 0 Å².